The molecule has 0 spiro atoms. The fourth-order valence-electron chi connectivity index (χ4n) is 1.82. The van der Waals surface area contributed by atoms with Crippen molar-refractivity contribution in [3.8, 4) is 0 Å². The van der Waals surface area contributed by atoms with Crippen LogP contribution in [0.25, 0.3) is 0 Å². The molecular formula is C11H11F4NO3S2. The molecule has 0 aromatic heterocycles. The molecule has 1 aromatic carbocycles. The number of nitrogens with one attached hydrogen (secondary N) is 1. The van der Waals surface area contributed by atoms with Gasteiger partial charge in [0, 0.05) is 18.4 Å². The molecule has 1 aliphatic heterocycles. The summed E-state index contributed by atoms with van der Waals surface area (Å²) in [6.07, 6.45) is 0.294. The van der Waals surface area contributed by atoms with Gasteiger partial charge >= 0.3 is 0 Å². The lowest BCUT2D eigenvalue weighted by Gasteiger charge is -2.21. The zero-order chi connectivity index (χ0) is 15.8. The summed E-state index contributed by atoms with van der Waals surface area (Å²) in [6.45, 7) is -0.501. The van der Waals surface area contributed by atoms with E-state index in [0.29, 0.717) is 12.2 Å². The van der Waals surface area contributed by atoms with Crippen LogP contribution >= 0.6 is 11.8 Å². The first-order valence-electron chi connectivity index (χ1n) is 5.79. The Hall–Kier alpha value is -0.840. The van der Waals surface area contributed by atoms with E-state index in [0.717, 1.165) is 0 Å². The number of aliphatic hydroxyl groups is 1. The Labute approximate surface area is 122 Å². The van der Waals surface area contributed by atoms with Crippen LogP contribution < -0.4 is 4.72 Å². The van der Waals surface area contributed by atoms with Gasteiger partial charge in [0.2, 0.25) is 10.0 Å². The number of rotatable bonds is 4. The summed E-state index contributed by atoms with van der Waals surface area (Å²) in [5.74, 6) is -6.79. The van der Waals surface area contributed by atoms with E-state index in [4.69, 9.17) is 0 Å². The Morgan fingerprint density at radius 1 is 1.24 bits per heavy atom. The third-order valence-electron chi connectivity index (χ3n) is 3.01. The number of halogens is 4. The monoisotopic (exact) mass is 345 g/mol. The average molecular weight is 345 g/mol. The van der Waals surface area contributed by atoms with Crippen LogP contribution in [0.1, 0.15) is 6.42 Å². The number of benzene rings is 1. The standard InChI is InChI=1S/C11H11F4NO3S2/c12-6-3-7(13)9(15)10(8(6)14)21(18,19)16-4-11(17)1-2-20-5-11/h3,16-17H,1-2,4-5H2/t11-/m0/s1. The maximum atomic E-state index is 13.5. The molecule has 0 saturated carbocycles. The van der Waals surface area contributed by atoms with Gasteiger partial charge in [0.15, 0.2) is 28.2 Å². The second kappa shape index (κ2) is 5.75. The van der Waals surface area contributed by atoms with Crippen LogP contribution in [-0.4, -0.2) is 37.2 Å². The maximum Gasteiger partial charge on any atom is 0.246 e. The van der Waals surface area contributed by atoms with Crippen molar-refractivity contribution < 1.29 is 31.1 Å². The lowest BCUT2D eigenvalue weighted by atomic mass is 10.1. The van der Waals surface area contributed by atoms with Gasteiger partial charge in [0.1, 0.15) is 0 Å². The summed E-state index contributed by atoms with van der Waals surface area (Å²) >= 11 is 1.39. The molecule has 0 radical (unpaired) electrons. The van der Waals surface area contributed by atoms with E-state index in [2.05, 4.69) is 0 Å². The fraction of sp³-hybridized carbons (Fsp3) is 0.455. The quantitative estimate of drug-likeness (QED) is 0.639. The molecule has 1 aromatic rings. The third-order valence-corrected chi connectivity index (χ3v) is 5.67. The number of hydrogen-bond acceptors (Lipinski definition) is 4. The number of thioether (sulfide) groups is 1. The topological polar surface area (TPSA) is 66.4 Å². The van der Waals surface area contributed by atoms with E-state index in [1.807, 2.05) is 0 Å². The van der Waals surface area contributed by atoms with Crippen molar-refractivity contribution in [1.29, 1.82) is 0 Å². The SMILES string of the molecule is O=S(=O)(NC[C@@]1(O)CCSC1)c1c(F)c(F)cc(F)c1F. The largest absolute Gasteiger partial charge is 0.388 e. The Morgan fingerprint density at radius 3 is 2.29 bits per heavy atom. The predicted octanol–water partition coefficient (Wildman–Crippen LogP) is 1.39. The fourth-order valence-corrected chi connectivity index (χ4v) is 4.39. The smallest absolute Gasteiger partial charge is 0.246 e. The molecule has 2 N–H and O–H groups in total. The van der Waals surface area contributed by atoms with Crippen LogP contribution in [0.4, 0.5) is 17.6 Å². The van der Waals surface area contributed by atoms with Crippen LogP contribution in [-0.2, 0) is 10.0 Å². The second-order valence-corrected chi connectivity index (χ2v) is 7.46. The minimum Gasteiger partial charge on any atom is -0.388 e. The summed E-state index contributed by atoms with van der Waals surface area (Å²) in [6, 6.07) is -0.0785. The molecule has 0 bridgehead atoms. The molecular weight excluding hydrogens is 334 g/mol. The van der Waals surface area contributed by atoms with Crippen molar-refractivity contribution in [2.75, 3.05) is 18.1 Å². The zero-order valence-corrected chi connectivity index (χ0v) is 12.1. The maximum absolute atomic E-state index is 13.5. The molecule has 1 saturated heterocycles. The Bertz CT molecular complexity index is 634. The molecule has 21 heavy (non-hydrogen) atoms. The first-order valence-corrected chi connectivity index (χ1v) is 8.43. The third kappa shape index (κ3) is 3.33. The van der Waals surface area contributed by atoms with Gasteiger partial charge in [-0.05, 0) is 12.2 Å². The van der Waals surface area contributed by atoms with Gasteiger partial charge < -0.3 is 5.11 Å². The molecule has 2 rings (SSSR count). The summed E-state index contributed by atoms with van der Waals surface area (Å²) in [4.78, 5) is -1.73. The van der Waals surface area contributed by atoms with Crippen LogP contribution in [0.5, 0.6) is 0 Å². The summed E-state index contributed by atoms with van der Waals surface area (Å²) in [5.41, 5.74) is -1.35. The Kier molecular flexibility index (Phi) is 4.52. The van der Waals surface area contributed by atoms with Crippen molar-refractivity contribution in [1.82, 2.24) is 4.72 Å². The molecule has 0 unspecified atom stereocenters. The first kappa shape index (κ1) is 16.5. The number of hydrogen-bond donors (Lipinski definition) is 2. The van der Waals surface area contributed by atoms with Crippen LogP contribution in [0.2, 0.25) is 0 Å². The highest BCUT2D eigenvalue weighted by Crippen LogP contribution is 2.28. The average Bonchev–Trinajstić information content (AvgIpc) is 2.82. The van der Waals surface area contributed by atoms with Crippen molar-refractivity contribution in [3.63, 3.8) is 0 Å². The second-order valence-electron chi connectivity index (χ2n) is 4.65. The summed E-state index contributed by atoms with van der Waals surface area (Å²) < 4.78 is 78.5. The lowest BCUT2D eigenvalue weighted by molar-refractivity contribution is 0.0734. The van der Waals surface area contributed by atoms with E-state index in [1.54, 1.807) is 4.72 Å². The van der Waals surface area contributed by atoms with E-state index in [-0.39, 0.29) is 11.8 Å². The minimum absolute atomic E-state index is 0.0785. The molecule has 1 fully saturated rings. The van der Waals surface area contributed by atoms with Gasteiger partial charge in [0.25, 0.3) is 0 Å². The van der Waals surface area contributed by atoms with Gasteiger partial charge in [-0.25, -0.2) is 30.7 Å². The highest BCUT2D eigenvalue weighted by molar-refractivity contribution is 7.99. The van der Waals surface area contributed by atoms with Crippen LogP contribution in [0.3, 0.4) is 0 Å². The molecule has 118 valence electrons. The molecule has 1 aliphatic rings. The van der Waals surface area contributed by atoms with Gasteiger partial charge in [-0.15, -0.1) is 0 Å². The lowest BCUT2D eigenvalue weighted by Crippen LogP contribution is -2.43. The Balaban J connectivity index is 2.32. The zero-order valence-electron chi connectivity index (χ0n) is 10.5. The predicted molar refractivity (Wildman–Crippen MR) is 68.4 cm³/mol. The van der Waals surface area contributed by atoms with E-state index in [9.17, 15) is 31.1 Å². The molecule has 0 amide bonds. The van der Waals surface area contributed by atoms with Gasteiger partial charge in [-0.2, -0.15) is 11.8 Å². The van der Waals surface area contributed by atoms with E-state index < -0.39 is 50.3 Å². The summed E-state index contributed by atoms with van der Waals surface area (Å²) in [5, 5.41) is 9.97. The van der Waals surface area contributed by atoms with Gasteiger partial charge in [-0.3, -0.25) is 0 Å². The van der Waals surface area contributed by atoms with Gasteiger partial charge in [0.05, 0.1) is 5.60 Å². The molecule has 1 heterocycles. The van der Waals surface area contributed by atoms with Crippen molar-refractivity contribution in [3.05, 3.63) is 29.3 Å². The highest BCUT2D eigenvalue weighted by atomic mass is 32.2. The van der Waals surface area contributed by atoms with Crippen molar-refractivity contribution >= 4 is 21.8 Å². The van der Waals surface area contributed by atoms with Crippen LogP contribution in [0, 0.1) is 23.3 Å². The Morgan fingerprint density at radius 2 is 1.81 bits per heavy atom. The number of sulfonamides is 1. The molecule has 10 heteroatoms. The van der Waals surface area contributed by atoms with Crippen molar-refractivity contribution in [2.45, 2.75) is 16.9 Å². The molecule has 0 aliphatic carbocycles. The minimum atomic E-state index is -4.84. The normalized spacial score (nSPS) is 22.7. The molecule has 4 nitrogen and oxygen atoms in total. The summed E-state index contributed by atoms with van der Waals surface area (Å²) in [7, 11) is -4.84. The van der Waals surface area contributed by atoms with E-state index >= 15 is 0 Å². The van der Waals surface area contributed by atoms with E-state index in [1.165, 1.54) is 11.8 Å². The first-order chi connectivity index (χ1) is 9.66. The molecule has 1 atom stereocenters. The van der Waals surface area contributed by atoms with Gasteiger partial charge in [-0.1, -0.05) is 0 Å². The highest BCUT2D eigenvalue weighted by Gasteiger charge is 2.35. The van der Waals surface area contributed by atoms with Crippen molar-refractivity contribution in [2.24, 2.45) is 0 Å². The van der Waals surface area contributed by atoms with Crippen LogP contribution in [0.15, 0.2) is 11.0 Å².